The molecule has 0 saturated heterocycles. The lowest BCUT2D eigenvalue weighted by atomic mass is 10.2. The van der Waals surface area contributed by atoms with Gasteiger partial charge in [-0.2, -0.15) is 0 Å². The van der Waals surface area contributed by atoms with E-state index in [1.807, 2.05) is 68.4 Å². The van der Waals surface area contributed by atoms with Crippen molar-refractivity contribution in [1.82, 2.24) is 5.32 Å². The van der Waals surface area contributed by atoms with Crippen molar-refractivity contribution in [3.8, 4) is 5.75 Å². The van der Waals surface area contributed by atoms with Gasteiger partial charge in [0.1, 0.15) is 5.75 Å². The first kappa shape index (κ1) is 18.0. The second kappa shape index (κ2) is 9.73. The number of amides is 1. The molecule has 24 heavy (non-hydrogen) atoms. The van der Waals surface area contributed by atoms with Crippen LogP contribution in [0, 0.1) is 6.92 Å². The number of benzene rings is 2. The van der Waals surface area contributed by atoms with Crippen molar-refractivity contribution >= 4 is 5.91 Å². The van der Waals surface area contributed by atoms with Gasteiger partial charge in [-0.05, 0) is 31.0 Å². The Hall–Kier alpha value is -2.33. The standard InChI is InChI=1S/C20H25NO3/c1-3-19(24-18-11-9-16(2)10-12-18)20(22)21-13-14-23-15-17-7-5-4-6-8-17/h4-12,19H,3,13-15H2,1-2H3,(H,21,22)/t19-/m0/s1. The number of hydrogen-bond donors (Lipinski definition) is 1. The molecule has 0 radical (unpaired) electrons. The summed E-state index contributed by atoms with van der Waals surface area (Å²) in [6, 6.07) is 17.7. The van der Waals surface area contributed by atoms with E-state index in [1.165, 1.54) is 0 Å². The minimum Gasteiger partial charge on any atom is -0.481 e. The van der Waals surface area contributed by atoms with Gasteiger partial charge >= 0.3 is 0 Å². The zero-order valence-electron chi connectivity index (χ0n) is 14.3. The monoisotopic (exact) mass is 327 g/mol. The van der Waals surface area contributed by atoms with Gasteiger partial charge in [-0.3, -0.25) is 4.79 Å². The average Bonchev–Trinajstić information content (AvgIpc) is 2.61. The first-order valence-electron chi connectivity index (χ1n) is 8.31. The number of aryl methyl sites for hydroxylation is 1. The fourth-order valence-electron chi connectivity index (χ4n) is 2.23. The van der Waals surface area contributed by atoms with Gasteiger partial charge in [0.15, 0.2) is 6.10 Å². The fraction of sp³-hybridized carbons (Fsp3) is 0.350. The Bertz CT molecular complexity index is 611. The molecule has 4 nitrogen and oxygen atoms in total. The highest BCUT2D eigenvalue weighted by atomic mass is 16.5. The zero-order valence-corrected chi connectivity index (χ0v) is 14.3. The van der Waals surface area contributed by atoms with Crippen LogP contribution in [-0.4, -0.2) is 25.2 Å². The van der Waals surface area contributed by atoms with E-state index in [4.69, 9.17) is 9.47 Å². The molecule has 0 aliphatic carbocycles. The van der Waals surface area contributed by atoms with Crippen molar-refractivity contribution in [1.29, 1.82) is 0 Å². The van der Waals surface area contributed by atoms with Crippen LogP contribution in [0.3, 0.4) is 0 Å². The Morgan fingerprint density at radius 1 is 1.08 bits per heavy atom. The molecule has 2 aromatic rings. The molecule has 2 rings (SSSR count). The Balaban J connectivity index is 1.68. The van der Waals surface area contributed by atoms with Crippen LogP contribution in [0.15, 0.2) is 54.6 Å². The zero-order chi connectivity index (χ0) is 17.2. The number of ether oxygens (including phenoxy) is 2. The second-order valence-corrected chi connectivity index (χ2v) is 5.66. The van der Waals surface area contributed by atoms with Gasteiger partial charge in [0.25, 0.3) is 5.91 Å². The number of carbonyl (C=O) groups is 1. The van der Waals surface area contributed by atoms with E-state index < -0.39 is 6.10 Å². The highest BCUT2D eigenvalue weighted by molar-refractivity contribution is 5.81. The molecule has 0 aromatic heterocycles. The number of hydrogen-bond acceptors (Lipinski definition) is 3. The lowest BCUT2D eigenvalue weighted by Crippen LogP contribution is -2.39. The number of carbonyl (C=O) groups excluding carboxylic acids is 1. The van der Waals surface area contributed by atoms with Gasteiger partial charge in [0, 0.05) is 6.54 Å². The Kier molecular flexibility index (Phi) is 7.30. The van der Waals surface area contributed by atoms with Crippen LogP contribution in [0.1, 0.15) is 24.5 Å². The van der Waals surface area contributed by atoms with Crippen LogP contribution in [0.25, 0.3) is 0 Å². The molecule has 0 spiro atoms. The normalized spacial score (nSPS) is 11.8. The molecule has 0 fully saturated rings. The summed E-state index contributed by atoms with van der Waals surface area (Å²) >= 11 is 0. The van der Waals surface area contributed by atoms with Crippen LogP contribution >= 0.6 is 0 Å². The maximum atomic E-state index is 12.2. The summed E-state index contributed by atoms with van der Waals surface area (Å²) in [5.74, 6) is 0.601. The molecule has 0 unspecified atom stereocenters. The van der Waals surface area contributed by atoms with E-state index in [1.54, 1.807) is 0 Å². The summed E-state index contributed by atoms with van der Waals surface area (Å²) in [7, 11) is 0. The largest absolute Gasteiger partial charge is 0.481 e. The van der Waals surface area contributed by atoms with E-state index in [9.17, 15) is 4.79 Å². The molecule has 1 amide bonds. The average molecular weight is 327 g/mol. The van der Waals surface area contributed by atoms with E-state index in [-0.39, 0.29) is 5.91 Å². The maximum Gasteiger partial charge on any atom is 0.261 e. The van der Waals surface area contributed by atoms with Crippen LogP contribution < -0.4 is 10.1 Å². The predicted octanol–water partition coefficient (Wildman–Crippen LogP) is 3.49. The molecule has 1 atom stereocenters. The van der Waals surface area contributed by atoms with Crippen molar-refractivity contribution < 1.29 is 14.3 Å². The lowest BCUT2D eigenvalue weighted by Gasteiger charge is -2.17. The SMILES string of the molecule is CC[C@H](Oc1ccc(C)cc1)C(=O)NCCOCc1ccccc1. The first-order chi connectivity index (χ1) is 11.7. The van der Waals surface area contributed by atoms with Crippen LogP contribution in [0.4, 0.5) is 0 Å². The van der Waals surface area contributed by atoms with Crippen LogP contribution in [0.2, 0.25) is 0 Å². The van der Waals surface area contributed by atoms with Crippen molar-refractivity contribution in [2.75, 3.05) is 13.2 Å². The molecule has 4 heteroatoms. The molecular formula is C20H25NO3. The van der Waals surface area contributed by atoms with E-state index in [2.05, 4.69) is 5.32 Å². The second-order valence-electron chi connectivity index (χ2n) is 5.66. The minimum atomic E-state index is -0.484. The summed E-state index contributed by atoms with van der Waals surface area (Å²) in [5, 5.41) is 2.86. The van der Waals surface area contributed by atoms with Crippen LogP contribution in [-0.2, 0) is 16.1 Å². The molecule has 0 aliphatic rings. The number of nitrogens with one attached hydrogen (secondary N) is 1. The van der Waals surface area contributed by atoms with E-state index >= 15 is 0 Å². The third-order valence-corrected chi connectivity index (χ3v) is 3.62. The lowest BCUT2D eigenvalue weighted by molar-refractivity contribution is -0.128. The highest BCUT2D eigenvalue weighted by Gasteiger charge is 2.17. The summed E-state index contributed by atoms with van der Waals surface area (Å²) in [6.07, 6.45) is 0.131. The Morgan fingerprint density at radius 3 is 2.46 bits per heavy atom. The minimum absolute atomic E-state index is 0.110. The molecule has 128 valence electrons. The van der Waals surface area contributed by atoms with Gasteiger partial charge < -0.3 is 14.8 Å². The van der Waals surface area contributed by atoms with Crippen LogP contribution in [0.5, 0.6) is 5.75 Å². The molecule has 0 heterocycles. The van der Waals surface area contributed by atoms with Gasteiger partial charge in [-0.15, -0.1) is 0 Å². The quantitative estimate of drug-likeness (QED) is 0.717. The molecular weight excluding hydrogens is 302 g/mol. The van der Waals surface area contributed by atoms with Crippen molar-refractivity contribution in [2.45, 2.75) is 33.0 Å². The van der Waals surface area contributed by atoms with Crippen molar-refractivity contribution in [3.05, 3.63) is 65.7 Å². The highest BCUT2D eigenvalue weighted by Crippen LogP contribution is 2.14. The smallest absolute Gasteiger partial charge is 0.261 e. The summed E-state index contributed by atoms with van der Waals surface area (Å²) in [4.78, 5) is 12.2. The Labute approximate surface area is 143 Å². The van der Waals surface area contributed by atoms with E-state index in [0.29, 0.717) is 31.9 Å². The molecule has 0 aliphatic heterocycles. The van der Waals surface area contributed by atoms with Gasteiger partial charge in [-0.25, -0.2) is 0 Å². The topological polar surface area (TPSA) is 47.6 Å². The third-order valence-electron chi connectivity index (χ3n) is 3.62. The molecule has 2 aromatic carbocycles. The maximum absolute atomic E-state index is 12.2. The molecule has 1 N–H and O–H groups in total. The third kappa shape index (κ3) is 6.05. The Morgan fingerprint density at radius 2 is 1.79 bits per heavy atom. The number of rotatable bonds is 9. The fourth-order valence-corrected chi connectivity index (χ4v) is 2.23. The molecule has 0 saturated carbocycles. The van der Waals surface area contributed by atoms with E-state index in [0.717, 1.165) is 11.1 Å². The summed E-state index contributed by atoms with van der Waals surface area (Å²) in [5.41, 5.74) is 2.29. The summed E-state index contributed by atoms with van der Waals surface area (Å²) in [6.45, 7) is 5.45. The summed E-state index contributed by atoms with van der Waals surface area (Å²) < 4.78 is 11.3. The first-order valence-corrected chi connectivity index (χ1v) is 8.31. The van der Waals surface area contributed by atoms with Gasteiger partial charge in [-0.1, -0.05) is 55.0 Å². The van der Waals surface area contributed by atoms with Crippen molar-refractivity contribution in [2.24, 2.45) is 0 Å². The van der Waals surface area contributed by atoms with Gasteiger partial charge in [0.2, 0.25) is 0 Å². The predicted molar refractivity (Wildman–Crippen MR) is 95.0 cm³/mol. The van der Waals surface area contributed by atoms with Crippen molar-refractivity contribution in [3.63, 3.8) is 0 Å². The molecule has 0 bridgehead atoms. The van der Waals surface area contributed by atoms with Gasteiger partial charge in [0.05, 0.1) is 13.2 Å².